The topological polar surface area (TPSA) is 64.4 Å². The molecule has 0 atom stereocenters. The highest BCUT2D eigenvalue weighted by atomic mass is 32.2. The number of nitriles is 1. The molecule has 0 unspecified atom stereocenters. The molecule has 1 aromatic rings. The third-order valence-electron chi connectivity index (χ3n) is 3.58. The van der Waals surface area contributed by atoms with Gasteiger partial charge in [-0.1, -0.05) is 36.4 Å². The summed E-state index contributed by atoms with van der Waals surface area (Å²) in [6, 6.07) is 12.0. The summed E-state index contributed by atoms with van der Waals surface area (Å²) in [5.41, 5.74) is 2.33. The Morgan fingerprint density at radius 1 is 1.33 bits per heavy atom. The lowest BCUT2D eigenvalue weighted by Crippen LogP contribution is -2.44. The Morgan fingerprint density at radius 2 is 2.05 bits per heavy atom. The predicted octanol–water partition coefficient (Wildman–Crippen LogP) is 1.87. The Kier molecular flexibility index (Phi) is 5.12. The van der Waals surface area contributed by atoms with E-state index in [1.54, 1.807) is 0 Å². The molecule has 6 heteroatoms. The van der Waals surface area contributed by atoms with E-state index in [0.717, 1.165) is 5.56 Å². The van der Waals surface area contributed by atoms with E-state index in [1.807, 2.05) is 42.5 Å². The summed E-state index contributed by atoms with van der Waals surface area (Å²) in [4.78, 5) is 0. The normalized spacial score (nSPS) is 16.5. The van der Waals surface area contributed by atoms with Gasteiger partial charge in [0.05, 0.1) is 6.07 Å². The van der Waals surface area contributed by atoms with E-state index in [1.165, 1.54) is 21.2 Å². The van der Waals surface area contributed by atoms with Crippen LogP contribution in [0.4, 0.5) is 0 Å². The minimum Gasteiger partial charge on any atom is -0.198 e. The Morgan fingerprint density at radius 3 is 2.62 bits per heavy atom. The monoisotopic (exact) mass is 305 g/mol. The van der Waals surface area contributed by atoms with Gasteiger partial charge in [-0.3, -0.25) is 0 Å². The van der Waals surface area contributed by atoms with E-state index < -0.39 is 10.2 Å². The number of nitrogens with zero attached hydrogens (tertiary/aromatic N) is 3. The highest BCUT2D eigenvalue weighted by molar-refractivity contribution is 7.86. The molecule has 0 aliphatic carbocycles. The molecule has 0 amide bonds. The van der Waals surface area contributed by atoms with Crippen LogP contribution >= 0.6 is 0 Å². The number of hydrogen-bond donors (Lipinski definition) is 0. The van der Waals surface area contributed by atoms with Crippen molar-refractivity contribution in [3.8, 4) is 6.07 Å². The van der Waals surface area contributed by atoms with Crippen molar-refractivity contribution in [1.29, 1.82) is 5.26 Å². The van der Waals surface area contributed by atoms with E-state index >= 15 is 0 Å². The van der Waals surface area contributed by atoms with Crippen LogP contribution in [-0.2, 0) is 10.2 Å². The minimum atomic E-state index is -3.47. The van der Waals surface area contributed by atoms with Crippen LogP contribution in [0.1, 0.15) is 18.4 Å². The third-order valence-corrected chi connectivity index (χ3v) is 5.53. The zero-order valence-electron chi connectivity index (χ0n) is 12.1. The van der Waals surface area contributed by atoms with E-state index in [0.29, 0.717) is 19.5 Å². The first-order valence-corrected chi connectivity index (χ1v) is 8.28. The zero-order chi connectivity index (χ0) is 15.3. The summed E-state index contributed by atoms with van der Waals surface area (Å²) in [7, 11) is -1.95. The second kappa shape index (κ2) is 6.85. The summed E-state index contributed by atoms with van der Waals surface area (Å²) in [5, 5.41) is 8.56. The van der Waals surface area contributed by atoms with Crippen molar-refractivity contribution in [1.82, 2.24) is 8.61 Å². The number of rotatable bonds is 5. The van der Waals surface area contributed by atoms with Gasteiger partial charge in [0.15, 0.2) is 0 Å². The molecular formula is C15H19N3O2S. The van der Waals surface area contributed by atoms with Crippen molar-refractivity contribution in [2.24, 2.45) is 0 Å². The first-order valence-electron chi connectivity index (χ1n) is 6.88. The van der Waals surface area contributed by atoms with Crippen LogP contribution in [0, 0.1) is 11.3 Å². The van der Waals surface area contributed by atoms with E-state index in [2.05, 4.69) is 0 Å². The molecule has 1 aliphatic heterocycles. The molecule has 0 aromatic heterocycles. The molecule has 0 radical (unpaired) electrons. The van der Waals surface area contributed by atoms with Gasteiger partial charge in [0.25, 0.3) is 10.2 Å². The van der Waals surface area contributed by atoms with Gasteiger partial charge in [0, 0.05) is 33.1 Å². The maximum Gasteiger partial charge on any atom is 0.282 e. The Hall–Kier alpha value is -1.68. The summed E-state index contributed by atoms with van der Waals surface area (Å²) >= 11 is 0. The van der Waals surface area contributed by atoms with Gasteiger partial charge in [0.2, 0.25) is 0 Å². The van der Waals surface area contributed by atoms with Crippen LogP contribution in [0.5, 0.6) is 0 Å². The molecule has 5 nitrogen and oxygen atoms in total. The van der Waals surface area contributed by atoms with Crippen LogP contribution in [0.15, 0.2) is 36.4 Å². The highest BCUT2D eigenvalue weighted by Crippen LogP contribution is 2.24. The van der Waals surface area contributed by atoms with Gasteiger partial charge in [-0.2, -0.15) is 22.3 Å². The molecule has 21 heavy (non-hydrogen) atoms. The molecule has 1 aromatic carbocycles. The lowest BCUT2D eigenvalue weighted by atomic mass is 10.0. The van der Waals surface area contributed by atoms with Gasteiger partial charge < -0.3 is 0 Å². The first kappa shape index (κ1) is 15.7. The summed E-state index contributed by atoms with van der Waals surface area (Å²) in [5.74, 6) is 0. The van der Waals surface area contributed by atoms with Crippen LogP contribution in [0.25, 0.3) is 5.57 Å². The highest BCUT2D eigenvalue weighted by Gasteiger charge is 2.28. The Balaban J connectivity index is 2.06. The smallest absolute Gasteiger partial charge is 0.198 e. The molecule has 0 fully saturated rings. The molecule has 1 aliphatic rings. The molecule has 112 valence electrons. The SMILES string of the molecule is CN(CCC#N)S(=O)(=O)N1CC=C(c2ccccc2)CC1. The van der Waals surface area contributed by atoms with Crippen LogP contribution in [0.3, 0.4) is 0 Å². The average Bonchev–Trinajstić information content (AvgIpc) is 2.53. The average molecular weight is 305 g/mol. The lowest BCUT2D eigenvalue weighted by molar-refractivity contribution is 0.378. The van der Waals surface area contributed by atoms with Gasteiger partial charge in [0.1, 0.15) is 0 Å². The van der Waals surface area contributed by atoms with Crippen molar-refractivity contribution >= 4 is 15.8 Å². The number of hydrogen-bond acceptors (Lipinski definition) is 3. The minimum absolute atomic E-state index is 0.203. The predicted molar refractivity (Wildman–Crippen MR) is 82.4 cm³/mol. The maximum atomic E-state index is 12.3. The summed E-state index contributed by atoms with van der Waals surface area (Å²) in [6.07, 6.45) is 2.87. The lowest BCUT2D eigenvalue weighted by Gasteiger charge is -2.29. The van der Waals surface area contributed by atoms with Crippen molar-refractivity contribution in [3.63, 3.8) is 0 Å². The molecule has 0 bridgehead atoms. The van der Waals surface area contributed by atoms with Crippen molar-refractivity contribution in [3.05, 3.63) is 42.0 Å². The molecule has 1 heterocycles. The van der Waals surface area contributed by atoms with Gasteiger partial charge in [-0.15, -0.1) is 0 Å². The second-order valence-electron chi connectivity index (χ2n) is 4.94. The van der Waals surface area contributed by atoms with Gasteiger partial charge >= 0.3 is 0 Å². The Labute approximate surface area is 126 Å². The van der Waals surface area contributed by atoms with Crippen molar-refractivity contribution in [2.75, 3.05) is 26.7 Å². The summed E-state index contributed by atoms with van der Waals surface area (Å²) < 4.78 is 27.4. The fraction of sp³-hybridized carbons (Fsp3) is 0.400. The standard InChI is InChI=1S/C15H19N3O2S/c1-17(11-5-10-16)21(19,20)18-12-8-15(9-13-18)14-6-3-2-4-7-14/h2-4,6-8H,5,9,11-13H2,1H3. The molecule has 0 N–H and O–H groups in total. The molecule has 2 rings (SSSR count). The molecule has 0 saturated carbocycles. The second-order valence-corrected chi connectivity index (χ2v) is 6.98. The molecule has 0 saturated heterocycles. The van der Waals surface area contributed by atoms with Crippen LogP contribution in [0.2, 0.25) is 0 Å². The van der Waals surface area contributed by atoms with Gasteiger partial charge in [-0.25, -0.2) is 0 Å². The molecule has 0 spiro atoms. The summed E-state index contributed by atoms with van der Waals surface area (Å²) in [6.45, 7) is 1.08. The fourth-order valence-electron chi connectivity index (χ4n) is 2.29. The van der Waals surface area contributed by atoms with E-state index in [9.17, 15) is 8.42 Å². The van der Waals surface area contributed by atoms with Crippen molar-refractivity contribution in [2.45, 2.75) is 12.8 Å². The quantitative estimate of drug-likeness (QED) is 0.834. The third kappa shape index (κ3) is 3.70. The van der Waals surface area contributed by atoms with Crippen molar-refractivity contribution < 1.29 is 8.42 Å². The maximum absolute atomic E-state index is 12.3. The van der Waals surface area contributed by atoms with E-state index in [4.69, 9.17) is 5.26 Å². The Bertz CT molecular complexity index is 647. The van der Waals surface area contributed by atoms with Crippen LogP contribution < -0.4 is 0 Å². The largest absolute Gasteiger partial charge is 0.282 e. The zero-order valence-corrected chi connectivity index (χ0v) is 12.9. The number of benzene rings is 1. The van der Waals surface area contributed by atoms with Crippen LogP contribution in [-0.4, -0.2) is 43.7 Å². The fourth-order valence-corrected chi connectivity index (χ4v) is 3.60. The molecular weight excluding hydrogens is 286 g/mol. The first-order chi connectivity index (χ1) is 10.1. The van der Waals surface area contributed by atoms with E-state index in [-0.39, 0.29) is 13.0 Å². The van der Waals surface area contributed by atoms with Gasteiger partial charge in [-0.05, 0) is 17.6 Å².